The van der Waals surface area contributed by atoms with Crippen LogP contribution in [0.2, 0.25) is 0 Å². The summed E-state index contributed by atoms with van der Waals surface area (Å²) in [7, 11) is 3.79. The van der Waals surface area contributed by atoms with Crippen LogP contribution in [0.15, 0.2) is 10.5 Å². The van der Waals surface area contributed by atoms with Gasteiger partial charge in [-0.25, -0.2) is 0 Å². The van der Waals surface area contributed by atoms with Crippen molar-refractivity contribution in [2.45, 2.75) is 46.6 Å². The highest BCUT2D eigenvalue weighted by molar-refractivity contribution is 9.10. The zero-order valence-corrected chi connectivity index (χ0v) is 14.5. The standard InChI is InChI=1S/C16H26BrNO/c1-10(2)7-8-14(18-5)15-12(4)13(17)9-11(3)16(15)19-6/h9-10,14,18H,7-8H2,1-6H3. The zero-order chi connectivity index (χ0) is 14.6. The van der Waals surface area contributed by atoms with Crippen molar-refractivity contribution in [3.63, 3.8) is 0 Å². The van der Waals surface area contributed by atoms with E-state index in [2.05, 4.69) is 55.0 Å². The molecular weight excluding hydrogens is 302 g/mol. The molecule has 1 aromatic carbocycles. The fourth-order valence-corrected chi connectivity index (χ4v) is 3.06. The molecule has 0 spiro atoms. The van der Waals surface area contributed by atoms with Crippen molar-refractivity contribution in [2.24, 2.45) is 5.92 Å². The summed E-state index contributed by atoms with van der Waals surface area (Å²) in [6.45, 7) is 8.79. The number of rotatable bonds is 6. The normalized spacial score (nSPS) is 12.8. The smallest absolute Gasteiger partial charge is 0.126 e. The molecule has 0 aliphatic rings. The van der Waals surface area contributed by atoms with Gasteiger partial charge in [0.1, 0.15) is 5.75 Å². The summed E-state index contributed by atoms with van der Waals surface area (Å²) < 4.78 is 6.80. The highest BCUT2D eigenvalue weighted by Crippen LogP contribution is 2.38. The number of aryl methyl sites for hydroxylation is 1. The molecule has 0 aliphatic heterocycles. The minimum absolute atomic E-state index is 0.341. The first-order valence-electron chi connectivity index (χ1n) is 6.93. The van der Waals surface area contributed by atoms with Gasteiger partial charge < -0.3 is 10.1 Å². The Morgan fingerprint density at radius 2 is 1.89 bits per heavy atom. The second kappa shape index (κ2) is 7.30. The van der Waals surface area contributed by atoms with Gasteiger partial charge in [-0.1, -0.05) is 29.8 Å². The maximum atomic E-state index is 5.64. The molecule has 1 unspecified atom stereocenters. The van der Waals surface area contributed by atoms with E-state index in [9.17, 15) is 0 Å². The number of methoxy groups -OCH3 is 1. The van der Waals surface area contributed by atoms with E-state index in [4.69, 9.17) is 4.74 Å². The van der Waals surface area contributed by atoms with Crippen LogP contribution in [0.25, 0.3) is 0 Å². The number of halogens is 1. The second-order valence-corrected chi connectivity index (χ2v) is 6.41. The lowest BCUT2D eigenvalue weighted by atomic mass is 9.92. The molecule has 0 bridgehead atoms. The monoisotopic (exact) mass is 327 g/mol. The van der Waals surface area contributed by atoms with Crippen LogP contribution in [0.4, 0.5) is 0 Å². The van der Waals surface area contributed by atoms with Crippen molar-refractivity contribution >= 4 is 15.9 Å². The highest BCUT2D eigenvalue weighted by atomic mass is 79.9. The van der Waals surface area contributed by atoms with Crippen molar-refractivity contribution in [1.82, 2.24) is 5.32 Å². The minimum atomic E-state index is 0.341. The Morgan fingerprint density at radius 3 is 2.37 bits per heavy atom. The molecule has 108 valence electrons. The molecule has 0 saturated heterocycles. The van der Waals surface area contributed by atoms with E-state index in [1.54, 1.807) is 7.11 Å². The van der Waals surface area contributed by atoms with Crippen LogP contribution in [0.5, 0.6) is 5.75 Å². The lowest BCUT2D eigenvalue weighted by Gasteiger charge is -2.24. The van der Waals surface area contributed by atoms with E-state index in [1.807, 2.05) is 7.05 Å². The van der Waals surface area contributed by atoms with E-state index in [0.717, 1.165) is 22.6 Å². The van der Waals surface area contributed by atoms with Crippen molar-refractivity contribution in [3.8, 4) is 5.75 Å². The maximum Gasteiger partial charge on any atom is 0.126 e. The quantitative estimate of drug-likeness (QED) is 0.812. The first-order chi connectivity index (χ1) is 8.92. The van der Waals surface area contributed by atoms with Crippen molar-refractivity contribution in [1.29, 1.82) is 0 Å². The van der Waals surface area contributed by atoms with Crippen LogP contribution in [0.1, 0.15) is 49.4 Å². The van der Waals surface area contributed by atoms with E-state index in [1.165, 1.54) is 23.1 Å². The summed E-state index contributed by atoms with van der Waals surface area (Å²) in [5.41, 5.74) is 3.74. The van der Waals surface area contributed by atoms with E-state index in [0.29, 0.717) is 6.04 Å². The number of hydrogen-bond donors (Lipinski definition) is 1. The molecule has 0 heterocycles. The fourth-order valence-electron chi connectivity index (χ4n) is 2.50. The van der Waals surface area contributed by atoms with E-state index < -0.39 is 0 Å². The molecule has 0 saturated carbocycles. The van der Waals surface area contributed by atoms with Gasteiger partial charge in [0.15, 0.2) is 0 Å². The van der Waals surface area contributed by atoms with Crippen LogP contribution in [0.3, 0.4) is 0 Å². The number of benzene rings is 1. The van der Waals surface area contributed by atoms with Crippen LogP contribution < -0.4 is 10.1 Å². The zero-order valence-electron chi connectivity index (χ0n) is 12.9. The van der Waals surface area contributed by atoms with Gasteiger partial charge in [-0.3, -0.25) is 0 Å². The van der Waals surface area contributed by atoms with Gasteiger partial charge in [-0.05, 0) is 56.8 Å². The Morgan fingerprint density at radius 1 is 1.26 bits per heavy atom. The van der Waals surface area contributed by atoms with Crippen molar-refractivity contribution in [2.75, 3.05) is 14.2 Å². The third kappa shape index (κ3) is 3.96. The molecule has 19 heavy (non-hydrogen) atoms. The summed E-state index contributed by atoms with van der Waals surface area (Å²) in [5, 5.41) is 3.44. The molecule has 2 nitrogen and oxygen atoms in total. The summed E-state index contributed by atoms with van der Waals surface area (Å²) in [6, 6.07) is 2.47. The third-order valence-electron chi connectivity index (χ3n) is 3.64. The van der Waals surface area contributed by atoms with Gasteiger partial charge in [0.2, 0.25) is 0 Å². The Kier molecular flexibility index (Phi) is 6.34. The maximum absolute atomic E-state index is 5.64. The van der Waals surface area contributed by atoms with Gasteiger partial charge in [-0.2, -0.15) is 0 Å². The van der Waals surface area contributed by atoms with E-state index in [-0.39, 0.29) is 0 Å². The summed E-state index contributed by atoms with van der Waals surface area (Å²) in [6.07, 6.45) is 2.33. The first kappa shape index (κ1) is 16.5. The van der Waals surface area contributed by atoms with Gasteiger partial charge in [0.05, 0.1) is 7.11 Å². The molecule has 0 radical (unpaired) electrons. The summed E-state index contributed by atoms with van der Waals surface area (Å²) in [4.78, 5) is 0. The van der Waals surface area contributed by atoms with Gasteiger partial charge in [-0.15, -0.1) is 0 Å². The van der Waals surface area contributed by atoms with Crippen LogP contribution >= 0.6 is 15.9 Å². The largest absolute Gasteiger partial charge is 0.496 e. The molecule has 0 aromatic heterocycles. The Labute approximate surface area is 126 Å². The topological polar surface area (TPSA) is 21.3 Å². The molecule has 0 fully saturated rings. The van der Waals surface area contributed by atoms with Crippen molar-refractivity contribution in [3.05, 3.63) is 27.2 Å². The molecule has 1 N–H and O–H groups in total. The lowest BCUT2D eigenvalue weighted by molar-refractivity contribution is 0.388. The fraction of sp³-hybridized carbons (Fsp3) is 0.625. The van der Waals surface area contributed by atoms with Crippen LogP contribution in [0, 0.1) is 19.8 Å². The predicted octanol–water partition coefficient (Wildman–Crippen LogP) is 4.77. The predicted molar refractivity (Wildman–Crippen MR) is 86.0 cm³/mol. The minimum Gasteiger partial charge on any atom is -0.496 e. The second-order valence-electron chi connectivity index (χ2n) is 5.56. The van der Waals surface area contributed by atoms with Crippen LogP contribution in [-0.4, -0.2) is 14.2 Å². The molecule has 1 atom stereocenters. The molecule has 1 aromatic rings. The molecule has 3 heteroatoms. The summed E-state index contributed by atoms with van der Waals surface area (Å²) in [5.74, 6) is 1.74. The number of ether oxygens (including phenoxy) is 1. The van der Waals surface area contributed by atoms with Gasteiger partial charge >= 0.3 is 0 Å². The first-order valence-corrected chi connectivity index (χ1v) is 7.72. The summed E-state index contributed by atoms with van der Waals surface area (Å²) >= 11 is 3.65. The average molecular weight is 328 g/mol. The SMILES string of the molecule is CNC(CCC(C)C)c1c(C)c(Br)cc(C)c1OC. The Hall–Kier alpha value is -0.540. The van der Waals surface area contributed by atoms with Crippen LogP contribution in [-0.2, 0) is 0 Å². The van der Waals surface area contributed by atoms with E-state index >= 15 is 0 Å². The highest BCUT2D eigenvalue weighted by Gasteiger charge is 2.20. The van der Waals surface area contributed by atoms with Gasteiger partial charge in [0, 0.05) is 16.1 Å². The molecule has 1 rings (SSSR count). The molecule has 0 amide bonds. The molecular formula is C16H26BrNO. The third-order valence-corrected chi connectivity index (χ3v) is 4.47. The van der Waals surface area contributed by atoms with Crippen molar-refractivity contribution < 1.29 is 4.74 Å². The molecule has 0 aliphatic carbocycles. The Bertz CT molecular complexity index is 429. The average Bonchev–Trinajstić information content (AvgIpc) is 2.35. The number of hydrogen-bond acceptors (Lipinski definition) is 2. The lowest BCUT2D eigenvalue weighted by Crippen LogP contribution is -2.19. The van der Waals surface area contributed by atoms with Gasteiger partial charge in [0.25, 0.3) is 0 Å². The Balaban J connectivity index is 3.21. The number of nitrogens with one attached hydrogen (secondary N) is 1.